The van der Waals surface area contributed by atoms with Crippen LogP contribution in [0.3, 0.4) is 0 Å². The first-order valence-electron chi connectivity index (χ1n) is 11.9. The molecule has 1 fully saturated rings. The molecule has 3 rings (SSSR count). The molecule has 1 saturated heterocycles. The van der Waals surface area contributed by atoms with Crippen molar-refractivity contribution >= 4 is 28.2 Å². The lowest BCUT2D eigenvalue weighted by molar-refractivity contribution is -0.121. The van der Waals surface area contributed by atoms with Gasteiger partial charge < -0.3 is 29.6 Å². The molecule has 0 atom stereocenters. The number of fused-ring (bicyclic) bond motifs is 1. The minimum absolute atomic E-state index is 0.000648. The number of aryl methyl sites for hydroxylation is 1. The normalized spacial score (nSPS) is 18.0. The zero-order chi connectivity index (χ0) is 26.2. The first kappa shape index (κ1) is 27.8. The van der Waals surface area contributed by atoms with E-state index in [9.17, 15) is 18.0 Å². The number of carbonyl (C=O) groups excluding carboxylic acids is 2. The van der Waals surface area contributed by atoms with Crippen LogP contribution in [0.25, 0.3) is 0 Å². The summed E-state index contributed by atoms with van der Waals surface area (Å²) in [5.74, 6) is -0.194. The van der Waals surface area contributed by atoms with Gasteiger partial charge in [-0.1, -0.05) is 0 Å². The van der Waals surface area contributed by atoms with Crippen LogP contribution in [0, 0.1) is 0 Å². The van der Waals surface area contributed by atoms with Gasteiger partial charge in [-0.3, -0.25) is 4.79 Å². The number of pyridine rings is 1. The van der Waals surface area contributed by atoms with Crippen LogP contribution in [-0.4, -0.2) is 82.3 Å². The molecule has 0 saturated carbocycles. The largest absolute Gasteiger partial charge is 0.464 e. The second-order valence-electron chi connectivity index (χ2n) is 9.49. The Morgan fingerprint density at radius 2 is 1.81 bits per heavy atom. The Morgan fingerprint density at radius 1 is 1.11 bits per heavy atom. The van der Waals surface area contributed by atoms with E-state index in [1.807, 2.05) is 0 Å². The molecule has 0 unspecified atom stereocenters. The summed E-state index contributed by atoms with van der Waals surface area (Å²) in [5.41, 5.74) is -0.898. The number of amides is 2. The van der Waals surface area contributed by atoms with E-state index in [1.165, 1.54) is 12.3 Å². The number of nitrogens with one attached hydrogen (secondary N) is 2. The number of hydrogen-bond donors (Lipinski definition) is 2. The van der Waals surface area contributed by atoms with Gasteiger partial charge in [0, 0.05) is 38.0 Å². The number of rotatable bonds is 9. The molecule has 1 aromatic heterocycles. The molecule has 1 spiro atoms. The average Bonchev–Trinajstić information content (AvgIpc) is 2.90. The number of nitrogens with zero attached hydrogens (tertiary/aromatic N) is 2. The maximum atomic E-state index is 12.5. The van der Waals surface area contributed by atoms with Crippen molar-refractivity contribution in [1.29, 1.82) is 0 Å². The highest BCUT2D eigenvalue weighted by molar-refractivity contribution is 7.90. The molecule has 0 aliphatic carbocycles. The van der Waals surface area contributed by atoms with Crippen LogP contribution in [0.2, 0.25) is 0 Å². The fraction of sp³-hybridized carbons (Fsp3) is 0.652. The fourth-order valence-electron chi connectivity index (χ4n) is 3.50. The van der Waals surface area contributed by atoms with Crippen LogP contribution in [0.4, 0.5) is 4.79 Å². The summed E-state index contributed by atoms with van der Waals surface area (Å²) >= 11 is 0. The van der Waals surface area contributed by atoms with E-state index in [0.29, 0.717) is 51.3 Å². The predicted molar refractivity (Wildman–Crippen MR) is 130 cm³/mol. The van der Waals surface area contributed by atoms with E-state index in [-0.39, 0.29) is 36.3 Å². The quantitative estimate of drug-likeness (QED) is 0.454. The van der Waals surface area contributed by atoms with Gasteiger partial charge >= 0.3 is 6.09 Å². The molecule has 12 nitrogen and oxygen atoms in total. The summed E-state index contributed by atoms with van der Waals surface area (Å²) in [6.45, 7) is 7.40. The highest BCUT2D eigenvalue weighted by atomic mass is 32.2. The van der Waals surface area contributed by atoms with Gasteiger partial charge in [-0.15, -0.1) is 0 Å². The number of hydrogen-bond acceptors (Lipinski definition) is 9. The molecular weight excluding hydrogens is 492 g/mol. The summed E-state index contributed by atoms with van der Waals surface area (Å²) in [7, 11) is -3.92. The minimum atomic E-state index is -3.92. The standard InChI is InChI=1S/C23H34N4O8S/c1-22(2,3)35-21(29)25-11-15-33-14-10-24-19(28)7-5-17-4-6-18-20(27-17)34-23(8-12-32-13-9-23)16-26-36(18,30)31/h4,6,16H,5,7-15H2,1-3H3,(H,24,28)(H,25,29). The second kappa shape index (κ2) is 12.0. The molecule has 2 aliphatic rings. The molecule has 13 heteroatoms. The number of ether oxygens (including phenoxy) is 4. The van der Waals surface area contributed by atoms with Gasteiger partial charge in [0.15, 0.2) is 10.5 Å². The van der Waals surface area contributed by atoms with Crippen molar-refractivity contribution in [2.45, 2.75) is 62.6 Å². The fourth-order valence-corrected chi connectivity index (χ4v) is 4.49. The van der Waals surface area contributed by atoms with Crippen molar-refractivity contribution in [3.05, 3.63) is 17.8 Å². The first-order valence-corrected chi connectivity index (χ1v) is 13.3. The van der Waals surface area contributed by atoms with Crippen LogP contribution >= 0.6 is 0 Å². The molecule has 2 aliphatic heterocycles. The van der Waals surface area contributed by atoms with E-state index < -0.39 is 27.3 Å². The second-order valence-corrected chi connectivity index (χ2v) is 11.1. The van der Waals surface area contributed by atoms with Crippen LogP contribution in [0.15, 0.2) is 21.4 Å². The molecule has 0 bridgehead atoms. The van der Waals surface area contributed by atoms with Crippen LogP contribution in [0.5, 0.6) is 5.88 Å². The monoisotopic (exact) mass is 526 g/mol. The number of alkyl carbamates (subject to hydrolysis) is 1. The SMILES string of the molecule is CC(C)(C)OC(=O)NCCOCCNC(=O)CCc1ccc2c(n1)OC1(C=NS2(=O)=O)CCOCC1. The number of sulfonamides is 1. The van der Waals surface area contributed by atoms with Gasteiger partial charge in [0.2, 0.25) is 11.8 Å². The van der Waals surface area contributed by atoms with Gasteiger partial charge in [0.25, 0.3) is 10.0 Å². The summed E-state index contributed by atoms with van der Waals surface area (Å²) in [6.07, 6.45) is 2.24. The van der Waals surface area contributed by atoms with Crippen molar-refractivity contribution in [3.63, 3.8) is 0 Å². The zero-order valence-electron chi connectivity index (χ0n) is 20.9. The Bertz CT molecular complexity index is 1060. The maximum absolute atomic E-state index is 12.5. The van der Waals surface area contributed by atoms with E-state index in [1.54, 1.807) is 26.8 Å². The maximum Gasteiger partial charge on any atom is 0.407 e. The van der Waals surface area contributed by atoms with E-state index >= 15 is 0 Å². The van der Waals surface area contributed by atoms with Crippen LogP contribution in [-0.2, 0) is 35.4 Å². The summed E-state index contributed by atoms with van der Waals surface area (Å²) in [4.78, 5) is 28.0. The van der Waals surface area contributed by atoms with Gasteiger partial charge in [-0.25, -0.2) is 9.78 Å². The van der Waals surface area contributed by atoms with Crippen molar-refractivity contribution < 1.29 is 37.0 Å². The Morgan fingerprint density at radius 3 is 2.50 bits per heavy atom. The third-order valence-electron chi connectivity index (χ3n) is 5.32. The lowest BCUT2D eigenvalue weighted by atomic mass is 9.95. The van der Waals surface area contributed by atoms with Crippen LogP contribution < -0.4 is 15.4 Å². The van der Waals surface area contributed by atoms with Crippen molar-refractivity contribution in [2.75, 3.05) is 39.5 Å². The Kier molecular flexibility index (Phi) is 9.25. The molecule has 2 amide bonds. The average molecular weight is 527 g/mol. The summed E-state index contributed by atoms with van der Waals surface area (Å²) < 4.78 is 50.8. The Labute approximate surface area is 211 Å². The molecule has 3 heterocycles. The van der Waals surface area contributed by atoms with E-state index in [0.717, 1.165) is 0 Å². The predicted octanol–water partition coefficient (Wildman–Crippen LogP) is 1.37. The van der Waals surface area contributed by atoms with E-state index in [2.05, 4.69) is 20.0 Å². The number of carbonyl (C=O) groups is 2. The molecule has 36 heavy (non-hydrogen) atoms. The summed E-state index contributed by atoms with van der Waals surface area (Å²) in [6, 6.07) is 2.98. The topological polar surface area (TPSA) is 155 Å². The lowest BCUT2D eigenvalue weighted by Gasteiger charge is -2.32. The van der Waals surface area contributed by atoms with Crippen LogP contribution in [0.1, 0.15) is 45.7 Å². The molecular formula is C23H34N4O8S. The molecule has 0 radical (unpaired) electrons. The first-order chi connectivity index (χ1) is 17.0. The van der Waals surface area contributed by atoms with Gasteiger partial charge in [-0.2, -0.15) is 12.8 Å². The highest BCUT2D eigenvalue weighted by Gasteiger charge is 2.39. The molecule has 1 aromatic rings. The highest BCUT2D eigenvalue weighted by Crippen LogP contribution is 2.34. The van der Waals surface area contributed by atoms with Gasteiger partial charge in [0.1, 0.15) is 5.60 Å². The van der Waals surface area contributed by atoms with Crippen molar-refractivity contribution in [3.8, 4) is 5.88 Å². The minimum Gasteiger partial charge on any atom is -0.464 e. The third kappa shape index (κ3) is 8.42. The third-order valence-corrected chi connectivity index (χ3v) is 6.57. The van der Waals surface area contributed by atoms with Gasteiger partial charge in [-0.05, 0) is 39.3 Å². The molecule has 2 N–H and O–H groups in total. The van der Waals surface area contributed by atoms with E-state index in [4.69, 9.17) is 18.9 Å². The zero-order valence-corrected chi connectivity index (χ0v) is 21.7. The van der Waals surface area contributed by atoms with Crippen molar-refractivity contribution in [1.82, 2.24) is 15.6 Å². The Balaban J connectivity index is 1.41. The van der Waals surface area contributed by atoms with Crippen molar-refractivity contribution in [2.24, 2.45) is 4.40 Å². The molecule has 0 aromatic carbocycles. The van der Waals surface area contributed by atoms with Gasteiger partial charge in [0.05, 0.1) is 32.6 Å². The molecule has 200 valence electrons. The number of aromatic nitrogens is 1. The Hall–Kier alpha value is -2.77. The lowest BCUT2D eigenvalue weighted by Crippen LogP contribution is -2.43. The summed E-state index contributed by atoms with van der Waals surface area (Å²) in [5, 5.41) is 5.34. The smallest absolute Gasteiger partial charge is 0.407 e.